The van der Waals surface area contributed by atoms with E-state index in [1.54, 1.807) is 7.11 Å². The Bertz CT molecular complexity index is 405. The van der Waals surface area contributed by atoms with Gasteiger partial charge in [0.1, 0.15) is 11.5 Å². The van der Waals surface area contributed by atoms with Gasteiger partial charge in [-0.05, 0) is 63.4 Å². The fourth-order valence-corrected chi connectivity index (χ4v) is 2.98. The quantitative estimate of drug-likeness (QED) is 0.748. The van der Waals surface area contributed by atoms with Crippen molar-refractivity contribution < 1.29 is 14.6 Å². The van der Waals surface area contributed by atoms with Crippen LogP contribution in [0.2, 0.25) is 0 Å². The molecule has 1 heterocycles. The van der Waals surface area contributed by atoms with Crippen molar-refractivity contribution in [2.75, 3.05) is 26.8 Å². The summed E-state index contributed by atoms with van der Waals surface area (Å²) in [5.74, 6) is 1.73. The van der Waals surface area contributed by atoms with E-state index in [-0.39, 0.29) is 6.10 Å². The summed E-state index contributed by atoms with van der Waals surface area (Å²) >= 11 is 0. The molecule has 0 bridgehead atoms. The summed E-state index contributed by atoms with van der Waals surface area (Å²) in [6.45, 7) is 4.81. The third-order valence-corrected chi connectivity index (χ3v) is 4.03. The van der Waals surface area contributed by atoms with Gasteiger partial charge in [-0.15, -0.1) is 0 Å². The predicted octanol–water partition coefficient (Wildman–Crippen LogP) is 2.70. The third kappa shape index (κ3) is 5.21. The number of aliphatic hydroxyl groups excluding tert-OH is 1. The Morgan fingerprint density at radius 3 is 2.67 bits per heavy atom. The van der Waals surface area contributed by atoms with E-state index < -0.39 is 0 Å². The van der Waals surface area contributed by atoms with Crippen LogP contribution >= 0.6 is 0 Å². The number of aliphatic hydroxyl groups is 1. The van der Waals surface area contributed by atoms with Crippen molar-refractivity contribution in [2.45, 2.75) is 44.8 Å². The molecule has 4 nitrogen and oxygen atoms in total. The Balaban J connectivity index is 1.66. The monoisotopic (exact) mass is 293 g/mol. The van der Waals surface area contributed by atoms with E-state index in [0.717, 1.165) is 44.0 Å². The molecule has 1 aliphatic heterocycles. The molecule has 0 saturated carbocycles. The number of methoxy groups -OCH3 is 1. The molecule has 118 valence electrons. The second-order valence-corrected chi connectivity index (χ2v) is 5.79. The molecule has 2 unspecified atom stereocenters. The van der Waals surface area contributed by atoms with Crippen LogP contribution in [0.25, 0.3) is 0 Å². The van der Waals surface area contributed by atoms with Gasteiger partial charge in [-0.3, -0.25) is 0 Å². The first kappa shape index (κ1) is 16.1. The zero-order valence-electron chi connectivity index (χ0n) is 13.1. The van der Waals surface area contributed by atoms with Crippen molar-refractivity contribution in [3.05, 3.63) is 24.3 Å². The van der Waals surface area contributed by atoms with E-state index in [2.05, 4.69) is 4.90 Å². The van der Waals surface area contributed by atoms with Gasteiger partial charge in [0.15, 0.2) is 0 Å². The number of likely N-dealkylation sites (tertiary alicyclic amines) is 1. The molecular weight excluding hydrogens is 266 g/mol. The van der Waals surface area contributed by atoms with Gasteiger partial charge in [0.2, 0.25) is 0 Å². The van der Waals surface area contributed by atoms with Crippen molar-refractivity contribution in [2.24, 2.45) is 0 Å². The molecule has 4 heteroatoms. The lowest BCUT2D eigenvalue weighted by Gasteiger charge is -2.25. The molecule has 0 aromatic heterocycles. The Hall–Kier alpha value is -1.26. The van der Waals surface area contributed by atoms with Crippen LogP contribution in [0, 0.1) is 0 Å². The highest BCUT2D eigenvalue weighted by Gasteiger charge is 2.24. The highest BCUT2D eigenvalue weighted by molar-refractivity contribution is 5.31. The molecule has 1 aromatic rings. The number of ether oxygens (including phenoxy) is 2. The molecule has 1 saturated heterocycles. The zero-order chi connectivity index (χ0) is 15.1. The zero-order valence-corrected chi connectivity index (χ0v) is 13.1. The Morgan fingerprint density at radius 1 is 1.29 bits per heavy atom. The summed E-state index contributed by atoms with van der Waals surface area (Å²) in [5, 5.41) is 9.53. The second kappa shape index (κ2) is 8.25. The van der Waals surface area contributed by atoms with Crippen molar-refractivity contribution in [1.29, 1.82) is 0 Å². The molecule has 1 fully saturated rings. The Kier molecular flexibility index (Phi) is 6.33. The van der Waals surface area contributed by atoms with Crippen molar-refractivity contribution in [1.82, 2.24) is 4.90 Å². The SMILES string of the molecule is COc1ccc(OCCCN2CCCC2CC(C)O)cc1. The van der Waals surface area contributed by atoms with E-state index >= 15 is 0 Å². The van der Waals surface area contributed by atoms with Crippen molar-refractivity contribution in [3.63, 3.8) is 0 Å². The molecule has 2 rings (SSSR count). The van der Waals surface area contributed by atoms with E-state index in [0.29, 0.717) is 6.04 Å². The first-order chi connectivity index (χ1) is 10.2. The minimum Gasteiger partial charge on any atom is -0.497 e. The molecular formula is C17H27NO3. The van der Waals surface area contributed by atoms with Crippen LogP contribution < -0.4 is 9.47 Å². The topological polar surface area (TPSA) is 41.9 Å². The maximum Gasteiger partial charge on any atom is 0.119 e. The first-order valence-electron chi connectivity index (χ1n) is 7.88. The average molecular weight is 293 g/mol. The molecule has 21 heavy (non-hydrogen) atoms. The van der Waals surface area contributed by atoms with Gasteiger partial charge >= 0.3 is 0 Å². The Morgan fingerprint density at radius 2 is 2.00 bits per heavy atom. The number of benzene rings is 1. The summed E-state index contributed by atoms with van der Waals surface area (Å²) in [5.41, 5.74) is 0. The van der Waals surface area contributed by atoms with Gasteiger partial charge in [-0.2, -0.15) is 0 Å². The minimum atomic E-state index is -0.203. The van der Waals surface area contributed by atoms with Crippen LogP contribution in [0.1, 0.15) is 32.6 Å². The van der Waals surface area contributed by atoms with Crippen LogP contribution in [-0.2, 0) is 0 Å². The largest absolute Gasteiger partial charge is 0.497 e. The van der Waals surface area contributed by atoms with Crippen LogP contribution in [0.5, 0.6) is 11.5 Å². The van der Waals surface area contributed by atoms with E-state index in [4.69, 9.17) is 9.47 Å². The number of rotatable bonds is 8. The van der Waals surface area contributed by atoms with E-state index in [1.807, 2.05) is 31.2 Å². The van der Waals surface area contributed by atoms with Crippen LogP contribution in [0.3, 0.4) is 0 Å². The Labute approximate surface area is 127 Å². The molecule has 1 aliphatic rings. The molecule has 2 atom stereocenters. The first-order valence-corrected chi connectivity index (χ1v) is 7.88. The highest BCUT2D eigenvalue weighted by atomic mass is 16.5. The number of nitrogens with zero attached hydrogens (tertiary/aromatic N) is 1. The van der Waals surface area contributed by atoms with E-state index in [9.17, 15) is 5.11 Å². The molecule has 0 amide bonds. The molecule has 1 N–H and O–H groups in total. The van der Waals surface area contributed by atoms with Gasteiger partial charge < -0.3 is 19.5 Å². The lowest BCUT2D eigenvalue weighted by Crippen LogP contribution is -2.33. The maximum absolute atomic E-state index is 9.53. The fourth-order valence-electron chi connectivity index (χ4n) is 2.98. The lowest BCUT2D eigenvalue weighted by atomic mass is 10.1. The van der Waals surface area contributed by atoms with Gasteiger partial charge in [-0.25, -0.2) is 0 Å². The summed E-state index contributed by atoms with van der Waals surface area (Å²) in [4.78, 5) is 2.49. The number of hydrogen-bond acceptors (Lipinski definition) is 4. The third-order valence-electron chi connectivity index (χ3n) is 4.03. The second-order valence-electron chi connectivity index (χ2n) is 5.79. The van der Waals surface area contributed by atoms with Gasteiger partial charge in [-0.1, -0.05) is 0 Å². The summed E-state index contributed by atoms with van der Waals surface area (Å²) in [7, 11) is 1.66. The van der Waals surface area contributed by atoms with Crippen molar-refractivity contribution >= 4 is 0 Å². The predicted molar refractivity (Wildman–Crippen MR) is 84.0 cm³/mol. The number of hydrogen-bond donors (Lipinski definition) is 1. The summed E-state index contributed by atoms with van der Waals surface area (Å²) in [6, 6.07) is 8.24. The standard InChI is InChI=1S/C17H27NO3/c1-14(19)13-15-5-3-10-18(15)11-4-12-21-17-8-6-16(20-2)7-9-17/h6-9,14-15,19H,3-5,10-13H2,1-2H3. The maximum atomic E-state index is 9.53. The smallest absolute Gasteiger partial charge is 0.119 e. The molecule has 0 radical (unpaired) electrons. The lowest BCUT2D eigenvalue weighted by molar-refractivity contribution is 0.130. The van der Waals surface area contributed by atoms with E-state index in [1.165, 1.54) is 12.8 Å². The molecule has 1 aromatic carbocycles. The molecule has 0 spiro atoms. The van der Waals surface area contributed by atoms with Crippen LogP contribution in [0.15, 0.2) is 24.3 Å². The van der Waals surface area contributed by atoms with Crippen LogP contribution in [0.4, 0.5) is 0 Å². The van der Waals surface area contributed by atoms with Gasteiger partial charge in [0.05, 0.1) is 19.8 Å². The van der Waals surface area contributed by atoms with Crippen LogP contribution in [-0.4, -0.2) is 49.0 Å². The molecule has 0 aliphatic carbocycles. The highest BCUT2D eigenvalue weighted by Crippen LogP contribution is 2.22. The fraction of sp³-hybridized carbons (Fsp3) is 0.647. The average Bonchev–Trinajstić information content (AvgIpc) is 2.91. The van der Waals surface area contributed by atoms with Crippen molar-refractivity contribution in [3.8, 4) is 11.5 Å². The minimum absolute atomic E-state index is 0.203. The van der Waals surface area contributed by atoms with Gasteiger partial charge in [0, 0.05) is 12.6 Å². The summed E-state index contributed by atoms with van der Waals surface area (Å²) in [6.07, 6.45) is 4.16. The summed E-state index contributed by atoms with van der Waals surface area (Å²) < 4.78 is 10.9. The van der Waals surface area contributed by atoms with Gasteiger partial charge in [0.25, 0.3) is 0 Å². The normalized spacial score (nSPS) is 20.4.